The van der Waals surface area contributed by atoms with Gasteiger partial charge in [0.25, 0.3) is 0 Å². The Bertz CT molecular complexity index is 355. The first-order chi connectivity index (χ1) is 8.70. The average molecular weight is 268 g/mol. The van der Waals surface area contributed by atoms with Crippen LogP contribution in [0, 0.1) is 0 Å². The lowest BCUT2D eigenvalue weighted by Gasteiger charge is -2.16. The Morgan fingerprint density at radius 2 is 2.00 bits per heavy atom. The molecule has 1 heterocycles. The van der Waals surface area contributed by atoms with E-state index < -0.39 is 0 Å². The third-order valence-corrected chi connectivity index (χ3v) is 3.65. The van der Waals surface area contributed by atoms with Crippen molar-refractivity contribution in [3.63, 3.8) is 0 Å². The number of nitrogens with zero attached hydrogens (tertiary/aromatic N) is 2. The number of hydrogen-bond donors (Lipinski definition) is 2. The van der Waals surface area contributed by atoms with Crippen LogP contribution in [0.1, 0.15) is 38.7 Å². The van der Waals surface area contributed by atoms with Gasteiger partial charge in [0.1, 0.15) is 18.0 Å². The summed E-state index contributed by atoms with van der Waals surface area (Å²) in [4.78, 5) is 8.63. The molecule has 5 heteroatoms. The topological polar surface area (TPSA) is 49.8 Å². The zero-order valence-corrected chi connectivity index (χ0v) is 12.6. The third-order valence-electron chi connectivity index (χ3n) is 2.66. The second-order valence-electron chi connectivity index (χ2n) is 4.37. The molecule has 1 aromatic heterocycles. The minimum Gasteiger partial charge on any atom is -0.373 e. The fourth-order valence-electron chi connectivity index (χ4n) is 1.81. The van der Waals surface area contributed by atoms with Gasteiger partial charge in [-0.15, -0.1) is 0 Å². The summed E-state index contributed by atoms with van der Waals surface area (Å²) in [6, 6.07) is 0. The van der Waals surface area contributed by atoms with Crippen molar-refractivity contribution in [3.8, 4) is 0 Å². The minimum atomic E-state index is 0.404. The molecule has 0 saturated heterocycles. The van der Waals surface area contributed by atoms with Gasteiger partial charge in [0, 0.05) is 19.2 Å². The number of nitrogens with one attached hydrogen (secondary N) is 2. The van der Waals surface area contributed by atoms with Crippen LogP contribution in [-0.2, 0) is 0 Å². The molecule has 0 aliphatic carbocycles. The predicted octanol–water partition coefficient (Wildman–Crippen LogP) is 3.20. The number of thioether (sulfide) groups is 1. The molecule has 0 atom stereocenters. The normalized spacial score (nSPS) is 10.7. The van der Waals surface area contributed by atoms with E-state index in [9.17, 15) is 0 Å². The molecule has 18 heavy (non-hydrogen) atoms. The lowest BCUT2D eigenvalue weighted by molar-refractivity contribution is 0.844. The second kappa shape index (κ2) is 8.19. The van der Waals surface area contributed by atoms with E-state index in [4.69, 9.17) is 0 Å². The Morgan fingerprint density at radius 1 is 1.28 bits per heavy atom. The molecule has 0 aromatic carbocycles. The Kier molecular flexibility index (Phi) is 6.86. The van der Waals surface area contributed by atoms with Gasteiger partial charge in [-0.1, -0.05) is 20.8 Å². The quantitative estimate of drug-likeness (QED) is 0.709. The first-order valence-electron chi connectivity index (χ1n) is 6.54. The van der Waals surface area contributed by atoms with Crippen LogP contribution in [-0.4, -0.2) is 35.1 Å². The van der Waals surface area contributed by atoms with Crippen LogP contribution in [0.3, 0.4) is 0 Å². The maximum Gasteiger partial charge on any atom is 0.134 e. The van der Waals surface area contributed by atoms with Crippen molar-refractivity contribution in [2.75, 3.05) is 35.7 Å². The molecule has 1 aromatic rings. The summed E-state index contributed by atoms with van der Waals surface area (Å²) in [7, 11) is 1.90. The zero-order valence-electron chi connectivity index (χ0n) is 11.8. The molecule has 0 fully saturated rings. The van der Waals surface area contributed by atoms with Gasteiger partial charge in [0.15, 0.2) is 0 Å². The fourth-order valence-corrected chi connectivity index (χ4v) is 2.45. The molecule has 1 rings (SSSR count). The highest BCUT2D eigenvalue weighted by atomic mass is 32.2. The number of rotatable bonds is 8. The summed E-state index contributed by atoms with van der Waals surface area (Å²) in [5.74, 6) is 4.68. The molecule has 4 nitrogen and oxygen atoms in total. The van der Waals surface area contributed by atoms with E-state index >= 15 is 0 Å². The van der Waals surface area contributed by atoms with Gasteiger partial charge in [-0.25, -0.2) is 9.97 Å². The first-order valence-corrected chi connectivity index (χ1v) is 7.70. The van der Waals surface area contributed by atoms with Gasteiger partial charge < -0.3 is 10.6 Å². The van der Waals surface area contributed by atoms with Crippen LogP contribution in [0.15, 0.2) is 6.33 Å². The number of hydrogen-bond acceptors (Lipinski definition) is 5. The largest absolute Gasteiger partial charge is 0.373 e. The highest BCUT2D eigenvalue weighted by molar-refractivity contribution is 7.99. The number of anilines is 2. The second-order valence-corrected chi connectivity index (χ2v) is 5.76. The van der Waals surface area contributed by atoms with Crippen molar-refractivity contribution in [1.82, 2.24) is 9.97 Å². The van der Waals surface area contributed by atoms with E-state index in [0.717, 1.165) is 24.6 Å². The Hall–Kier alpha value is -0.970. The standard InChI is InChI=1S/C13H24N4S/c1-5-18-8-6-7-15-13-11(10(2)3)12(14-4)16-9-17-13/h9-10H,5-8H2,1-4H3,(H2,14,15,16,17). The molecule has 0 unspecified atom stereocenters. The Balaban J connectivity index is 2.64. The zero-order chi connectivity index (χ0) is 13.4. The molecule has 0 aliphatic rings. The van der Waals surface area contributed by atoms with Gasteiger partial charge in [-0.05, 0) is 23.8 Å². The average Bonchev–Trinajstić information content (AvgIpc) is 2.37. The lowest BCUT2D eigenvalue weighted by atomic mass is 10.0. The first kappa shape index (κ1) is 15.1. The number of aromatic nitrogens is 2. The van der Waals surface area contributed by atoms with Crippen molar-refractivity contribution in [1.29, 1.82) is 0 Å². The maximum atomic E-state index is 4.36. The molecular weight excluding hydrogens is 244 g/mol. The molecule has 0 radical (unpaired) electrons. The van der Waals surface area contributed by atoms with Crippen molar-refractivity contribution in [3.05, 3.63) is 11.9 Å². The summed E-state index contributed by atoms with van der Waals surface area (Å²) in [5, 5.41) is 6.56. The smallest absolute Gasteiger partial charge is 0.134 e. The van der Waals surface area contributed by atoms with Crippen LogP contribution < -0.4 is 10.6 Å². The van der Waals surface area contributed by atoms with Gasteiger partial charge in [0.05, 0.1) is 0 Å². The summed E-state index contributed by atoms with van der Waals surface area (Å²) in [5.41, 5.74) is 1.17. The van der Waals surface area contributed by atoms with E-state index in [-0.39, 0.29) is 0 Å². The minimum absolute atomic E-state index is 0.404. The molecule has 0 amide bonds. The summed E-state index contributed by atoms with van der Waals surface area (Å²) in [6.07, 6.45) is 2.77. The van der Waals surface area contributed by atoms with Crippen molar-refractivity contribution in [2.24, 2.45) is 0 Å². The summed E-state index contributed by atoms with van der Waals surface area (Å²) in [6.45, 7) is 7.49. The van der Waals surface area contributed by atoms with E-state index in [0.29, 0.717) is 5.92 Å². The Labute approximate surface area is 114 Å². The fraction of sp³-hybridized carbons (Fsp3) is 0.692. The Morgan fingerprint density at radius 3 is 2.61 bits per heavy atom. The van der Waals surface area contributed by atoms with E-state index in [1.165, 1.54) is 17.1 Å². The van der Waals surface area contributed by atoms with Crippen LogP contribution in [0.2, 0.25) is 0 Å². The molecule has 102 valence electrons. The molecule has 2 N–H and O–H groups in total. The highest BCUT2D eigenvalue weighted by Crippen LogP contribution is 2.27. The van der Waals surface area contributed by atoms with Crippen LogP contribution in [0.4, 0.5) is 11.6 Å². The van der Waals surface area contributed by atoms with Crippen LogP contribution in [0.5, 0.6) is 0 Å². The third kappa shape index (κ3) is 4.37. The predicted molar refractivity (Wildman–Crippen MR) is 81.8 cm³/mol. The summed E-state index contributed by atoms with van der Waals surface area (Å²) >= 11 is 1.98. The van der Waals surface area contributed by atoms with Crippen LogP contribution in [0.25, 0.3) is 0 Å². The summed E-state index contributed by atoms with van der Waals surface area (Å²) < 4.78 is 0. The SMILES string of the molecule is CCSCCCNc1ncnc(NC)c1C(C)C. The van der Waals surface area contributed by atoms with Gasteiger partial charge in [-0.3, -0.25) is 0 Å². The molecule has 0 spiro atoms. The van der Waals surface area contributed by atoms with Crippen molar-refractivity contribution >= 4 is 23.4 Å². The van der Waals surface area contributed by atoms with Crippen molar-refractivity contribution < 1.29 is 0 Å². The van der Waals surface area contributed by atoms with E-state index in [2.05, 4.69) is 41.4 Å². The lowest BCUT2D eigenvalue weighted by Crippen LogP contribution is -2.11. The molecule has 0 bridgehead atoms. The molecule has 0 aliphatic heterocycles. The van der Waals surface area contributed by atoms with E-state index in [1.807, 2.05) is 18.8 Å². The van der Waals surface area contributed by atoms with Gasteiger partial charge >= 0.3 is 0 Å². The van der Waals surface area contributed by atoms with Gasteiger partial charge in [0.2, 0.25) is 0 Å². The molecule has 0 saturated carbocycles. The maximum absolute atomic E-state index is 4.36. The van der Waals surface area contributed by atoms with E-state index in [1.54, 1.807) is 6.33 Å². The highest BCUT2D eigenvalue weighted by Gasteiger charge is 2.13. The molecular formula is C13H24N4S. The van der Waals surface area contributed by atoms with Crippen molar-refractivity contribution in [2.45, 2.75) is 33.1 Å². The van der Waals surface area contributed by atoms with Gasteiger partial charge in [-0.2, -0.15) is 11.8 Å². The van der Waals surface area contributed by atoms with Crippen LogP contribution >= 0.6 is 11.8 Å². The monoisotopic (exact) mass is 268 g/mol.